The van der Waals surface area contributed by atoms with Crippen LogP contribution in [0.5, 0.6) is 0 Å². The summed E-state index contributed by atoms with van der Waals surface area (Å²) in [4.78, 5) is 25.2. The molecule has 0 radical (unpaired) electrons. The van der Waals surface area contributed by atoms with Crippen LogP contribution in [0.15, 0.2) is 48.5 Å². The molecule has 3 rings (SSSR count). The van der Waals surface area contributed by atoms with Crippen LogP contribution in [-0.4, -0.2) is 23.9 Å². The van der Waals surface area contributed by atoms with Gasteiger partial charge in [0.25, 0.3) is 0 Å². The second kappa shape index (κ2) is 9.54. The van der Waals surface area contributed by atoms with Crippen LogP contribution in [0, 0.1) is 13.8 Å². The number of hydrogen-bond donors (Lipinski definition) is 2. The standard InChI is InChI=1S/C24H30N2O2/c1-17-9-3-5-11-19(17)15-23(27)25-21-13-7-8-14-22(21)26-24(28)16-20-12-6-4-10-18(20)2/h3-6,9-12,21-22H,7-8,13-16H2,1-2H3,(H,25,27)(H,26,28). The molecule has 0 bridgehead atoms. The third-order valence-corrected chi connectivity index (χ3v) is 5.68. The smallest absolute Gasteiger partial charge is 0.224 e. The first-order valence-corrected chi connectivity index (χ1v) is 10.2. The summed E-state index contributed by atoms with van der Waals surface area (Å²) >= 11 is 0. The van der Waals surface area contributed by atoms with Crippen LogP contribution in [0.4, 0.5) is 0 Å². The molecule has 0 aromatic heterocycles. The average Bonchev–Trinajstić information content (AvgIpc) is 2.67. The van der Waals surface area contributed by atoms with Gasteiger partial charge in [-0.15, -0.1) is 0 Å². The Balaban J connectivity index is 1.57. The number of nitrogens with one attached hydrogen (secondary N) is 2. The van der Waals surface area contributed by atoms with Gasteiger partial charge >= 0.3 is 0 Å². The first kappa shape index (κ1) is 20.1. The zero-order valence-electron chi connectivity index (χ0n) is 16.8. The number of hydrogen-bond acceptors (Lipinski definition) is 2. The second-order valence-corrected chi connectivity index (χ2v) is 7.84. The quantitative estimate of drug-likeness (QED) is 0.806. The Morgan fingerprint density at radius 2 is 1.14 bits per heavy atom. The maximum Gasteiger partial charge on any atom is 0.224 e. The third-order valence-electron chi connectivity index (χ3n) is 5.68. The van der Waals surface area contributed by atoms with Gasteiger partial charge < -0.3 is 10.6 Å². The van der Waals surface area contributed by atoms with Crippen LogP contribution in [0.25, 0.3) is 0 Å². The van der Waals surface area contributed by atoms with E-state index in [1.165, 1.54) is 0 Å². The van der Waals surface area contributed by atoms with Crippen molar-refractivity contribution in [2.24, 2.45) is 0 Å². The van der Waals surface area contributed by atoms with Crippen LogP contribution < -0.4 is 10.6 Å². The molecule has 2 unspecified atom stereocenters. The van der Waals surface area contributed by atoms with Crippen molar-refractivity contribution in [2.75, 3.05) is 0 Å². The molecule has 2 amide bonds. The molecule has 4 nitrogen and oxygen atoms in total. The summed E-state index contributed by atoms with van der Waals surface area (Å²) in [6, 6.07) is 16.0. The Morgan fingerprint density at radius 3 is 1.54 bits per heavy atom. The predicted molar refractivity (Wildman–Crippen MR) is 112 cm³/mol. The zero-order valence-corrected chi connectivity index (χ0v) is 16.8. The molecule has 1 aliphatic carbocycles. The maximum atomic E-state index is 12.6. The number of rotatable bonds is 6. The fourth-order valence-corrected chi connectivity index (χ4v) is 3.95. The monoisotopic (exact) mass is 378 g/mol. The lowest BCUT2D eigenvalue weighted by Gasteiger charge is -2.33. The second-order valence-electron chi connectivity index (χ2n) is 7.84. The summed E-state index contributed by atoms with van der Waals surface area (Å²) in [6.45, 7) is 4.05. The summed E-state index contributed by atoms with van der Waals surface area (Å²) in [5, 5.41) is 6.34. The minimum Gasteiger partial charge on any atom is -0.351 e. The number of amides is 2. The van der Waals surface area contributed by atoms with Crippen molar-refractivity contribution in [3.8, 4) is 0 Å². The van der Waals surface area contributed by atoms with Gasteiger partial charge in [-0.25, -0.2) is 0 Å². The summed E-state index contributed by atoms with van der Waals surface area (Å²) in [5.74, 6) is 0.0544. The normalized spacial score (nSPS) is 19.1. The molecule has 0 aliphatic heterocycles. The Hall–Kier alpha value is -2.62. The molecule has 2 atom stereocenters. The topological polar surface area (TPSA) is 58.2 Å². The molecule has 2 aromatic rings. The maximum absolute atomic E-state index is 12.6. The fourth-order valence-electron chi connectivity index (χ4n) is 3.95. The van der Waals surface area contributed by atoms with Crippen LogP contribution in [0.3, 0.4) is 0 Å². The minimum atomic E-state index is 0.00564. The lowest BCUT2D eigenvalue weighted by Crippen LogP contribution is -2.53. The van der Waals surface area contributed by atoms with Gasteiger partial charge in [0.15, 0.2) is 0 Å². The molecule has 0 heterocycles. The van der Waals surface area contributed by atoms with Gasteiger partial charge in [0.2, 0.25) is 11.8 Å². The van der Waals surface area contributed by atoms with E-state index in [4.69, 9.17) is 0 Å². The van der Waals surface area contributed by atoms with E-state index in [2.05, 4.69) is 10.6 Å². The van der Waals surface area contributed by atoms with Gasteiger partial charge in [-0.05, 0) is 48.9 Å². The molecule has 1 saturated carbocycles. The molecular formula is C24H30N2O2. The van der Waals surface area contributed by atoms with E-state index in [1.54, 1.807) is 0 Å². The lowest BCUT2D eigenvalue weighted by atomic mass is 9.89. The highest BCUT2D eigenvalue weighted by atomic mass is 16.2. The average molecular weight is 379 g/mol. The van der Waals surface area contributed by atoms with E-state index in [9.17, 15) is 9.59 Å². The highest BCUT2D eigenvalue weighted by Gasteiger charge is 2.28. The van der Waals surface area contributed by atoms with Crippen molar-refractivity contribution in [1.82, 2.24) is 10.6 Å². The van der Waals surface area contributed by atoms with Crippen molar-refractivity contribution in [3.05, 3.63) is 70.8 Å². The van der Waals surface area contributed by atoms with E-state index < -0.39 is 0 Å². The number of benzene rings is 2. The van der Waals surface area contributed by atoms with Crippen LogP contribution in [0.2, 0.25) is 0 Å². The first-order valence-electron chi connectivity index (χ1n) is 10.2. The Kier molecular flexibility index (Phi) is 6.85. The summed E-state index contributed by atoms with van der Waals surface area (Å²) in [5.41, 5.74) is 4.36. The molecule has 0 saturated heterocycles. The lowest BCUT2D eigenvalue weighted by molar-refractivity contribution is -0.124. The van der Waals surface area contributed by atoms with Gasteiger partial charge in [0.1, 0.15) is 0 Å². The number of carbonyl (C=O) groups excluding carboxylic acids is 2. The Labute approximate surface area is 167 Å². The van der Waals surface area contributed by atoms with Crippen molar-refractivity contribution in [2.45, 2.75) is 64.5 Å². The number of aryl methyl sites for hydroxylation is 2. The molecule has 2 aromatic carbocycles. The van der Waals surface area contributed by atoms with E-state index in [0.29, 0.717) is 12.8 Å². The van der Waals surface area contributed by atoms with Gasteiger partial charge in [-0.3, -0.25) is 9.59 Å². The highest BCUT2D eigenvalue weighted by molar-refractivity contribution is 5.81. The fraction of sp³-hybridized carbons (Fsp3) is 0.417. The molecular weight excluding hydrogens is 348 g/mol. The van der Waals surface area contributed by atoms with Crippen LogP contribution in [0.1, 0.15) is 47.9 Å². The Morgan fingerprint density at radius 1 is 0.750 bits per heavy atom. The Bertz CT molecular complexity index is 761. The van der Waals surface area contributed by atoms with E-state index in [-0.39, 0.29) is 23.9 Å². The van der Waals surface area contributed by atoms with E-state index in [0.717, 1.165) is 47.9 Å². The van der Waals surface area contributed by atoms with E-state index in [1.807, 2.05) is 62.4 Å². The van der Waals surface area contributed by atoms with Crippen molar-refractivity contribution in [1.29, 1.82) is 0 Å². The molecule has 4 heteroatoms. The van der Waals surface area contributed by atoms with Crippen LogP contribution in [-0.2, 0) is 22.4 Å². The third kappa shape index (κ3) is 5.44. The van der Waals surface area contributed by atoms with Gasteiger partial charge in [-0.1, -0.05) is 61.4 Å². The zero-order chi connectivity index (χ0) is 19.9. The van der Waals surface area contributed by atoms with Gasteiger partial charge in [-0.2, -0.15) is 0 Å². The van der Waals surface area contributed by atoms with Gasteiger partial charge in [0.05, 0.1) is 12.8 Å². The molecule has 1 fully saturated rings. The molecule has 2 N–H and O–H groups in total. The van der Waals surface area contributed by atoms with Gasteiger partial charge in [0, 0.05) is 12.1 Å². The van der Waals surface area contributed by atoms with Crippen molar-refractivity contribution >= 4 is 11.8 Å². The molecule has 28 heavy (non-hydrogen) atoms. The summed E-state index contributed by atoms with van der Waals surface area (Å²) in [7, 11) is 0. The highest BCUT2D eigenvalue weighted by Crippen LogP contribution is 2.19. The summed E-state index contributed by atoms with van der Waals surface area (Å²) in [6.07, 6.45) is 4.75. The summed E-state index contributed by atoms with van der Waals surface area (Å²) < 4.78 is 0. The molecule has 148 valence electrons. The van der Waals surface area contributed by atoms with Crippen molar-refractivity contribution < 1.29 is 9.59 Å². The SMILES string of the molecule is Cc1ccccc1CC(=O)NC1CCCCC1NC(=O)Cc1ccccc1C. The van der Waals surface area contributed by atoms with Crippen molar-refractivity contribution in [3.63, 3.8) is 0 Å². The predicted octanol–water partition coefficient (Wildman–Crippen LogP) is 3.63. The van der Waals surface area contributed by atoms with Crippen LogP contribution >= 0.6 is 0 Å². The minimum absolute atomic E-state index is 0.00564. The first-order chi connectivity index (χ1) is 13.5. The van der Waals surface area contributed by atoms with E-state index >= 15 is 0 Å². The molecule has 0 spiro atoms. The largest absolute Gasteiger partial charge is 0.351 e. The number of carbonyl (C=O) groups is 2. The molecule has 1 aliphatic rings.